The van der Waals surface area contributed by atoms with Crippen LogP contribution in [0.15, 0.2) is 16.6 Å². The van der Waals surface area contributed by atoms with Gasteiger partial charge in [-0.3, -0.25) is 14.5 Å². The van der Waals surface area contributed by atoms with Gasteiger partial charge in [-0.25, -0.2) is 0 Å². The van der Waals surface area contributed by atoms with Gasteiger partial charge in [0.15, 0.2) is 0 Å². The number of benzene rings is 1. The zero-order valence-corrected chi connectivity index (χ0v) is 14.0. The summed E-state index contributed by atoms with van der Waals surface area (Å²) in [4.78, 5) is 26.8. The average molecular weight is 351 g/mol. The first-order valence-electron chi connectivity index (χ1n) is 7.30. The number of carbonyl (C=O) groups is 2. The third-order valence-electron chi connectivity index (χ3n) is 4.36. The normalized spacial score (nSPS) is 26.0. The Hall–Kier alpha value is -1.36. The summed E-state index contributed by atoms with van der Waals surface area (Å²) in [6.07, 6.45) is 2.05. The van der Waals surface area contributed by atoms with E-state index in [-0.39, 0.29) is 17.9 Å². The van der Waals surface area contributed by atoms with Crippen molar-refractivity contribution in [1.29, 1.82) is 0 Å². The number of nitrogens with one attached hydrogen (secondary N) is 1. The largest absolute Gasteiger partial charge is 0.342 e. The molecule has 2 unspecified atom stereocenters. The van der Waals surface area contributed by atoms with Crippen molar-refractivity contribution in [1.82, 2.24) is 5.32 Å². The second kappa shape index (κ2) is 5.13. The van der Waals surface area contributed by atoms with E-state index in [0.29, 0.717) is 5.92 Å². The summed E-state index contributed by atoms with van der Waals surface area (Å²) in [6, 6.07) is 3.16. The second-order valence-electron chi connectivity index (χ2n) is 6.10. The van der Waals surface area contributed by atoms with Crippen LogP contribution in [-0.2, 0) is 9.59 Å². The lowest BCUT2D eigenvalue weighted by Crippen LogP contribution is -2.63. The highest BCUT2D eigenvalue weighted by Crippen LogP contribution is 2.38. The van der Waals surface area contributed by atoms with Crippen molar-refractivity contribution in [2.75, 3.05) is 4.90 Å². The highest BCUT2D eigenvalue weighted by atomic mass is 79.9. The maximum atomic E-state index is 12.9. The molecule has 1 heterocycles. The minimum absolute atomic E-state index is 0.0260. The monoisotopic (exact) mass is 350 g/mol. The molecule has 1 N–H and O–H groups in total. The third kappa shape index (κ3) is 2.48. The molecule has 0 radical (unpaired) electrons. The lowest BCUT2D eigenvalue weighted by Gasteiger charge is -2.39. The Morgan fingerprint density at radius 3 is 2.29 bits per heavy atom. The predicted molar refractivity (Wildman–Crippen MR) is 85.2 cm³/mol. The standard InChI is InChI=1S/C16H19BrN2O2/c1-8-6-12(17)7-9(2)14(8)19-10(3)15(20)18-13(16(19)21)11-4-5-11/h6-7,10-11,13H,4-5H2,1-3H3,(H,18,20). The summed E-state index contributed by atoms with van der Waals surface area (Å²) in [5, 5.41) is 2.89. The molecule has 112 valence electrons. The lowest BCUT2D eigenvalue weighted by molar-refractivity contribution is -0.134. The van der Waals surface area contributed by atoms with Crippen LogP contribution in [0.2, 0.25) is 0 Å². The Labute approximate surface area is 133 Å². The number of piperazine rings is 1. The van der Waals surface area contributed by atoms with Crippen LogP contribution in [0.25, 0.3) is 0 Å². The van der Waals surface area contributed by atoms with Gasteiger partial charge in [-0.15, -0.1) is 0 Å². The minimum atomic E-state index is -0.467. The molecule has 2 fully saturated rings. The smallest absolute Gasteiger partial charge is 0.250 e. The van der Waals surface area contributed by atoms with E-state index in [1.807, 2.05) is 26.0 Å². The van der Waals surface area contributed by atoms with Crippen molar-refractivity contribution >= 4 is 33.4 Å². The predicted octanol–water partition coefficient (Wildman–Crippen LogP) is 2.70. The molecule has 2 amide bonds. The van der Waals surface area contributed by atoms with Gasteiger partial charge in [0.25, 0.3) is 5.91 Å². The van der Waals surface area contributed by atoms with Crippen LogP contribution in [0.3, 0.4) is 0 Å². The highest BCUT2D eigenvalue weighted by Gasteiger charge is 2.46. The van der Waals surface area contributed by atoms with E-state index in [2.05, 4.69) is 21.2 Å². The first kappa shape index (κ1) is 14.6. The van der Waals surface area contributed by atoms with Gasteiger partial charge in [-0.1, -0.05) is 15.9 Å². The Morgan fingerprint density at radius 1 is 1.19 bits per heavy atom. The summed E-state index contributed by atoms with van der Waals surface area (Å²) in [5.74, 6) is 0.277. The molecule has 1 aromatic carbocycles. The van der Waals surface area contributed by atoms with Crippen molar-refractivity contribution in [2.45, 2.75) is 45.7 Å². The van der Waals surface area contributed by atoms with E-state index in [1.165, 1.54) is 0 Å². The van der Waals surface area contributed by atoms with Gasteiger partial charge in [0.1, 0.15) is 12.1 Å². The Morgan fingerprint density at radius 2 is 1.76 bits per heavy atom. The second-order valence-corrected chi connectivity index (χ2v) is 7.01. The van der Waals surface area contributed by atoms with Crippen molar-refractivity contribution < 1.29 is 9.59 Å². The number of amides is 2. The lowest BCUT2D eigenvalue weighted by atomic mass is 10.00. The van der Waals surface area contributed by atoms with E-state index in [4.69, 9.17) is 0 Å². The van der Waals surface area contributed by atoms with E-state index >= 15 is 0 Å². The van der Waals surface area contributed by atoms with Gasteiger partial charge in [-0.2, -0.15) is 0 Å². The van der Waals surface area contributed by atoms with Gasteiger partial charge >= 0.3 is 0 Å². The topological polar surface area (TPSA) is 49.4 Å². The molecule has 1 saturated carbocycles. The van der Waals surface area contributed by atoms with Gasteiger partial charge in [0.2, 0.25) is 5.91 Å². The number of hydrogen-bond donors (Lipinski definition) is 1. The first-order valence-corrected chi connectivity index (χ1v) is 8.09. The molecule has 1 aliphatic heterocycles. The fourth-order valence-corrected chi connectivity index (χ4v) is 3.82. The number of hydrogen-bond acceptors (Lipinski definition) is 2. The van der Waals surface area contributed by atoms with Gasteiger partial charge in [0.05, 0.1) is 5.69 Å². The molecule has 2 atom stereocenters. The summed E-state index contributed by atoms with van der Waals surface area (Å²) in [6.45, 7) is 5.74. The maximum Gasteiger partial charge on any atom is 0.250 e. The van der Waals surface area contributed by atoms with E-state index < -0.39 is 6.04 Å². The van der Waals surface area contributed by atoms with Crippen LogP contribution >= 0.6 is 15.9 Å². The number of aryl methyl sites for hydroxylation is 2. The average Bonchev–Trinajstić information content (AvgIpc) is 3.21. The molecule has 1 saturated heterocycles. The molecule has 5 heteroatoms. The number of carbonyl (C=O) groups excluding carboxylic acids is 2. The van der Waals surface area contributed by atoms with Crippen molar-refractivity contribution in [3.05, 3.63) is 27.7 Å². The molecule has 0 aromatic heterocycles. The van der Waals surface area contributed by atoms with Crippen LogP contribution < -0.4 is 10.2 Å². The molecule has 3 rings (SSSR count). The van der Waals surface area contributed by atoms with Gasteiger partial charge < -0.3 is 5.32 Å². The molecule has 0 bridgehead atoms. The molecule has 21 heavy (non-hydrogen) atoms. The SMILES string of the molecule is Cc1cc(Br)cc(C)c1N1C(=O)C(C2CC2)NC(=O)C1C. The van der Waals surface area contributed by atoms with E-state index in [9.17, 15) is 9.59 Å². The zero-order valence-electron chi connectivity index (χ0n) is 12.4. The Balaban J connectivity index is 2.06. The molecule has 1 aromatic rings. The molecule has 1 aliphatic carbocycles. The van der Waals surface area contributed by atoms with Gasteiger partial charge in [-0.05, 0) is 62.8 Å². The summed E-state index contributed by atoms with van der Waals surface area (Å²) in [7, 11) is 0. The molecule has 4 nitrogen and oxygen atoms in total. The van der Waals surface area contributed by atoms with Crippen LogP contribution in [0.1, 0.15) is 30.9 Å². The fourth-order valence-electron chi connectivity index (χ4n) is 3.13. The molecular weight excluding hydrogens is 332 g/mol. The molecule has 0 spiro atoms. The number of anilines is 1. The highest BCUT2D eigenvalue weighted by molar-refractivity contribution is 9.10. The number of rotatable bonds is 2. The quantitative estimate of drug-likeness (QED) is 0.891. The fraction of sp³-hybridized carbons (Fsp3) is 0.500. The van der Waals surface area contributed by atoms with Crippen LogP contribution in [0.5, 0.6) is 0 Å². The third-order valence-corrected chi connectivity index (χ3v) is 4.82. The minimum Gasteiger partial charge on any atom is -0.342 e. The Bertz CT molecular complexity index is 602. The molecular formula is C16H19BrN2O2. The summed E-state index contributed by atoms with van der Waals surface area (Å²) in [5.41, 5.74) is 2.88. The zero-order chi connectivity index (χ0) is 15.3. The van der Waals surface area contributed by atoms with E-state index in [0.717, 1.165) is 34.1 Å². The summed E-state index contributed by atoms with van der Waals surface area (Å²) >= 11 is 3.48. The van der Waals surface area contributed by atoms with Crippen molar-refractivity contribution in [3.8, 4) is 0 Å². The first-order chi connectivity index (χ1) is 9.90. The van der Waals surface area contributed by atoms with Crippen molar-refractivity contribution in [3.63, 3.8) is 0 Å². The van der Waals surface area contributed by atoms with Gasteiger partial charge in [0, 0.05) is 4.47 Å². The summed E-state index contributed by atoms with van der Waals surface area (Å²) < 4.78 is 0.988. The van der Waals surface area contributed by atoms with Crippen LogP contribution in [0, 0.1) is 19.8 Å². The van der Waals surface area contributed by atoms with E-state index in [1.54, 1.807) is 11.8 Å². The van der Waals surface area contributed by atoms with Crippen molar-refractivity contribution in [2.24, 2.45) is 5.92 Å². The molecule has 2 aliphatic rings. The van der Waals surface area contributed by atoms with Crippen LogP contribution in [-0.4, -0.2) is 23.9 Å². The number of halogens is 1. The number of nitrogens with zero attached hydrogens (tertiary/aromatic N) is 1. The Kier molecular flexibility index (Phi) is 3.56. The maximum absolute atomic E-state index is 12.9. The van der Waals surface area contributed by atoms with Crippen LogP contribution in [0.4, 0.5) is 5.69 Å².